The quantitative estimate of drug-likeness (QED) is 0.592. The Labute approximate surface area is 149 Å². The molecule has 1 aliphatic rings. The molecule has 2 N–H and O–H groups in total. The number of aromatic hydroxyl groups is 1. The number of nitro benzene ring substituents is 1. The van der Waals surface area contributed by atoms with Gasteiger partial charge >= 0.3 is 0 Å². The van der Waals surface area contributed by atoms with E-state index in [1.54, 1.807) is 0 Å². The van der Waals surface area contributed by atoms with Gasteiger partial charge in [0.25, 0.3) is 11.6 Å². The second-order valence-corrected chi connectivity index (χ2v) is 6.02. The number of hydrogen-bond donors (Lipinski definition) is 2. The van der Waals surface area contributed by atoms with E-state index in [0.29, 0.717) is 16.3 Å². The number of fused-ring (bicyclic) bond motifs is 1. The van der Waals surface area contributed by atoms with Crippen LogP contribution in [0.25, 0.3) is 0 Å². The first-order valence-corrected chi connectivity index (χ1v) is 7.47. The second kappa shape index (κ2) is 5.94. The zero-order valence-corrected chi connectivity index (χ0v) is 13.8. The summed E-state index contributed by atoms with van der Waals surface area (Å²) < 4.78 is 0. The fourth-order valence-electron chi connectivity index (χ4n) is 2.18. The minimum absolute atomic E-state index is 0.0466. The van der Waals surface area contributed by atoms with Crippen molar-refractivity contribution in [2.45, 2.75) is 0 Å². The van der Waals surface area contributed by atoms with Gasteiger partial charge in [-0.3, -0.25) is 14.9 Å². The third-order valence-corrected chi connectivity index (χ3v) is 4.06. The van der Waals surface area contributed by atoms with E-state index >= 15 is 0 Å². The van der Waals surface area contributed by atoms with Crippen molar-refractivity contribution < 1.29 is 14.8 Å². The van der Waals surface area contributed by atoms with E-state index in [1.165, 1.54) is 12.1 Å². The molecule has 0 unspecified atom stereocenters. The van der Waals surface area contributed by atoms with E-state index in [4.69, 9.17) is 34.8 Å². The Morgan fingerprint density at radius 1 is 1.12 bits per heavy atom. The maximum Gasteiger partial charge on any atom is 0.291 e. The van der Waals surface area contributed by atoms with Crippen molar-refractivity contribution in [3.63, 3.8) is 0 Å². The zero-order chi connectivity index (χ0) is 17.6. The summed E-state index contributed by atoms with van der Waals surface area (Å²) in [7, 11) is 0. The molecule has 3 rings (SSSR count). The van der Waals surface area contributed by atoms with Gasteiger partial charge in [0.1, 0.15) is 22.2 Å². The molecule has 24 heavy (non-hydrogen) atoms. The summed E-state index contributed by atoms with van der Waals surface area (Å²) in [5.74, 6) is -1.05. The Morgan fingerprint density at radius 3 is 2.50 bits per heavy atom. The Morgan fingerprint density at radius 2 is 1.83 bits per heavy atom. The van der Waals surface area contributed by atoms with E-state index in [9.17, 15) is 20.0 Å². The standard InChI is InChI=1S/C14H6Cl3N3O4/c15-5-1-6-12(8(17)2-5)19-14(22)13(6)18-9-3-7(16)10(20(23)24)4-11(9)21/h1-4,21H,(H,18,19,22). The minimum Gasteiger partial charge on any atom is -0.505 e. The van der Waals surface area contributed by atoms with E-state index in [0.717, 1.165) is 12.1 Å². The number of aliphatic imine (C=N–C) groups is 1. The average molecular weight is 387 g/mol. The van der Waals surface area contributed by atoms with Crippen LogP contribution in [0.3, 0.4) is 0 Å². The van der Waals surface area contributed by atoms with Crippen molar-refractivity contribution in [2.75, 3.05) is 5.32 Å². The van der Waals surface area contributed by atoms with Crippen LogP contribution < -0.4 is 5.32 Å². The van der Waals surface area contributed by atoms with Gasteiger partial charge in [-0.05, 0) is 18.2 Å². The number of carbonyl (C=O) groups excluding carboxylic acids is 1. The van der Waals surface area contributed by atoms with Gasteiger partial charge in [-0.1, -0.05) is 34.8 Å². The zero-order valence-electron chi connectivity index (χ0n) is 11.5. The van der Waals surface area contributed by atoms with Gasteiger partial charge in [-0.2, -0.15) is 0 Å². The van der Waals surface area contributed by atoms with Gasteiger partial charge in [-0.15, -0.1) is 0 Å². The average Bonchev–Trinajstić information content (AvgIpc) is 2.79. The van der Waals surface area contributed by atoms with Gasteiger partial charge in [0, 0.05) is 10.6 Å². The minimum atomic E-state index is -0.740. The van der Waals surface area contributed by atoms with Gasteiger partial charge in [0.05, 0.1) is 21.7 Å². The van der Waals surface area contributed by atoms with E-state index in [1.807, 2.05) is 0 Å². The van der Waals surface area contributed by atoms with Crippen LogP contribution >= 0.6 is 34.8 Å². The van der Waals surface area contributed by atoms with E-state index < -0.39 is 22.3 Å². The molecule has 0 aromatic heterocycles. The summed E-state index contributed by atoms with van der Waals surface area (Å²) in [6, 6.07) is 4.91. The van der Waals surface area contributed by atoms with Crippen molar-refractivity contribution in [1.82, 2.24) is 0 Å². The molecule has 0 bridgehead atoms. The number of nitro groups is 1. The van der Waals surface area contributed by atoms with E-state index in [-0.39, 0.29) is 21.4 Å². The lowest BCUT2D eigenvalue weighted by Crippen LogP contribution is -2.13. The summed E-state index contributed by atoms with van der Waals surface area (Å²) in [4.78, 5) is 26.2. The molecule has 0 fully saturated rings. The third-order valence-electron chi connectivity index (χ3n) is 3.24. The first-order chi connectivity index (χ1) is 11.3. The van der Waals surface area contributed by atoms with Crippen LogP contribution in [0.1, 0.15) is 5.56 Å². The van der Waals surface area contributed by atoms with Crippen molar-refractivity contribution >= 4 is 63.5 Å². The summed E-state index contributed by atoms with van der Waals surface area (Å²) in [6.45, 7) is 0. The SMILES string of the molecule is O=C1Nc2c(Cl)cc(Cl)cc2C1=Nc1cc(Cl)c([N+](=O)[O-])cc1O. The molecule has 1 aliphatic heterocycles. The highest BCUT2D eigenvalue weighted by molar-refractivity contribution is 6.56. The number of amides is 1. The smallest absolute Gasteiger partial charge is 0.291 e. The first-order valence-electron chi connectivity index (χ1n) is 6.34. The van der Waals surface area contributed by atoms with Crippen LogP contribution in [-0.2, 0) is 4.79 Å². The molecule has 10 heteroatoms. The number of nitrogens with zero attached hydrogens (tertiary/aromatic N) is 2. The molecule has 0 saturated heterocycles. The summed E-state index contributed by atoms with van der Waals surface area (Å²) in [5, 5.41) is 23.6. The number of anilines is 1. The van der Waals surface area contributed by atoms with Gasteiger partial charge in [-0.25, -0.2) is 4.99 Å². The molecule has 7 nitrogen and oxygen atoms in total. The third kappa shape index (κ3) is 2.77. The number of phenols is 1. The fraction of sp³-hybridized carbons (Fsp3) is 0. The van der Waals surface area contributed by atoms with Crippen LogP contribution in [-0.4, -0.2) is 21.6 Å². The Balaban J connectivity index is 2.16. The normalized spacial score (nSPS) is 14.6. The predicted octanol–water partition coefficient (Wildman–Crippen LogP) is 4.33. The van der Waals surface area contributed by atoms with E-state index in [2.05, 4.69) is 10.3 Å². The molecule has 1 heterocycles. The molecule has 122 valence electrons. The van der Waals surface area contributed by atoms with Crippen LogP contribution in [0.2, 0.25) is 15.1 Å². The first kappa shape index (κ1) is 16.5. The van der Waals surface area contributed by atoms with Crippen molar-refractivity contribution in [3.05, 3.63) is 55.0 Å². The Hall–Kier alpha value is -2.35. The molecule has 1 amide bonds. The van der Waals surface area contributed by atoms with Crippen LogP contribution in [0.4, 0.5) is 17.1 Å². The Bertz CT molecular complexity index is 943. The molecule has 0 saturated carbocycles. The second-order valence-electron chi connectivity index (χ2n) is 4.77. The molecule has 2 aromatic carbocycles. The highest BCUT2D eigenvalue weighted by Gasteiger charge is 2.29. The lowest BCUT2D eigenvalue weighted by atomic mass is 10.1. The molecular formula is C14H6Cl3N3O4. The number of hydrogen-bond acceptors (Lipinski definition) is 5. The summed E-state index contributed by atoms with van der Waals surface area (Å²) in [5.41, 5.74) is 0.0819. The molecule has 0 aliphatic carbocycles. The molecule has 0 atom stereocenters. The lowest BCUT2D eigenvalue weighted by molar-refractivity contribution is -0.384. The number of benzene rings is 2. The van der Waals surface area contributed by atoms with Crippen LogP contribution in [0, 0.1) is 10.1 Å². The molecular weight excluding hydrogens is 381 g/mol. The fourth-order valence-corrected chi connectivity index (χ4v) is 2.95. The van der Waals surface area contributed by atoms with Gasteiger partial charge in [0.15, 0.2) is 0 Å². The monoisotopic (exact) mass is 385 g/mol. The van der Waals surface area contributed by atoms with Crippen LogP contribution in [0.15, 0.2) is 29.3 Å². The highest BCUT2D eigenvalue weighted by Crippen LogP contribution is 2.39. The van der Waals surface area contributed by atoms with Crippen molar-refractivity contribution in [2.24, 2.45) is 4.99 Å². The molecule has 2 aromatic rings. The topological polar surface area (TPSA) is 105 Å². The summed E-state index contributed by atoms with van der Waals surface area (Å²) in [6.07, 6.45) is 0. The highest BCUT2D eigenvalue weighted by atomic mass is 35.5. The number of halogens is 3. The maximum absolute atomic E-state index is 12.1. The van der Waals surface area contributed by atoms with Crippen LogP contribution in [0.5, 0.6) is 5.75 Å². The van der Waals surface area contributed by atoms with Gasteiger partial charge in [0.2, 0.25) is 0 Å². The lowest BCUT2D eigenvalue weighted by Gasteiger charge is -2.03. The molecule has 0 radical (unpaired) electrons. The summed E-state index contributed by atoms with van der Waals surface area (Å²) >= 11 is 17.8. The number of phenolic OH excluding ortho intramolecular Hbond substituents is 1. The number of carbonyl (C=O) groups is 1. The Kier molecular flexibility index (Phi) is 4.08. The predicted molar refractivity (Wildman–Crippen MR) is 91.1 cm³/mol. The molecule has 0 spiro atoms. The van der Waals surface area contributed by atoms with Crippen molar-refractivity contribution in [3.8, 4) is 5.75 Å². The largest absolute Gasteiger partial charge is 0.505 e. The number of nitrogens with one attached hydrogen (secondary N) is 1. The maximum atomic E-state index is 12.1. The van der Waals surface area contributed by atoms with Gasteiger partial charge < -0.3 is 10.4 Å². The number of rotatable bonds is 2. The van der Waals surface area contributed by atoms with Crippen molar-refractivity contribution in [1.29, 1.82) is 0 Å².